The van der Waals surface area contributed by atoms with Crippen LogP contribution in [0.15, 0.2) is 18.6 Å². The largest absolute Gasteiger partial charge is 0.384 e. The van der Waals surface area contributed by atoms with Crippen molar-refractivity contribution in [1.29, 1.82) is 0 Å². The number of methoxy groups -OCH3 is 1. The van der Waals surface area contributed by atoms with Crippen molar-refractivity contribution in [2.45, 2.75) is 5.92 Å². The van der Waals surface area contributed by atoms with Gasteiger partial charge >= 0.3 is 0 Å². The van der Waals surface area contributed by atoms with Crippen LogP contribution in [0.5, 0.6) is 0 Å². The molecule has 1 unspecified atom stereocenters. The second-order valence-electron chi connectivity index (χ2n) is 2.52. The van der Waals surface area contributed by atoms with Gasteiger partial charge in [-0.2, -0.15) is 0 Å². The highest BCUT2D eigenvalue weighted by atomic mass is 16.5. The quantitative estimate of drug-likeness (QED) is 0.694. The van der Waals surface area contributed by atoms with Crippen LogP contribution in [-0.4, -0.2) is 30.2 Å². The lowest BCUT2D eigenvalue weighted by Crippen LogP contribution is -2.18. The Morgan fingerprint density at radius 3 is 2.92 bits per heavy atom. The third-order valence-electron chi connectivity index (χ3n) is 1.65. The smallest absolute Gasteiger partial charge is 0.0653 e. The normalized spacial score (nSPS) is 12.8. The van der Waals surface area contributed by atoms with Gasteiger partial charge in [-0.05, 0) is 0 Å². The van der Waals surface area contributed by atoms with Crippen molar-refractivity contribution in [3.63, 3.8) is 0 Å². The Labute approximate surface area is 71.8 Å². The average molecular weight is 167 g/mol. The maximum Gasteiger partial charge on any atom is 0.0653 e. The van der Waals surface area contributed by atoms with Crippen LogP contribution in [0, 0.1) is 0 Å². The second kappa shape index (κ2) is 4.79. The van der Waals surface area contributed by atoms with Crippen molar-refractivity contribution in [3.05, 3.63) is 24.3 Å². The van der Waals surface area contributed by atoms with Gasteiger partial charge in [0.15, 0.2) is 0 Å². The zero-order chi connectivity index (χ0) is 8.81. The van der Waals surface area contributed by atoms with E-state index in [9.17, 15) is 0 Å². The zero-order valence-corrected chi connectivity index (χ0v) is 7.10. The van der Waals surface area contributed by atoms with E-state index in [2.05, 4.69) is 9.97 Å². The Bertz CT molecular complexity index is 215. The van der Waals surface area contributed by atoms with Gasteiger partial charge in [0.25, 0.3) is 0 Å². The molecule has 1 rings (SSSR count). The molecule has 0 saturated carbocycles. The highest BCUT2D eigenvalue weighted by Crippen LogP contribution is 2.09. The van der Waals surface area contributed by atoms with Gasteiger partial charge < -0.3 is 10.5 Å². The highest BCUT2D eigenvalue weighted by Gasteiger charge is 2.09. The molecule has 0 aliphatic rings. The highest BCUT2D eigenvalue weighted by molar-refractivity contribution is 5.03. The van der Waals surface area contributed by atoms with Crippen LogP contribution in [0.25, 0.3) is 0 Å². The number of hydrogen-bond acceptors (Lipinski definition) is 4. The summed E-state index contributed by atoms with van der Waals surface area (Å²) in [5.74, 6) is 0.156. The van der Waals surface area contributed by atoms with Crippen LogP contribution >= 0.6 is 0 Å². The van der Waals surface area contributed by atoms with Crippen molar-refractivity contribution >= 4 is 0 Å². The number of nitrogens with two attached hydrogens (primary N) is 1. The molecule has 0 aliphatic carbocycles. The molecular weight excluding hydrogens is 154 g/mol. The lowest BCUT2D eigenvalue weighted by Gasteiger charge is -2.11. The van der Waals surface area contributed by atoms with Crippen LogP contribution < -0.4 is 5.73 Å². The molecule has 4 heteroatoms. The zero-order valence-electron chi connectivity index (χ0n) is 7.10. The van der Waals surface area contributed by atoms with Crippen LogP contribution in [0.2, 0.25) is 0 Å². The first-order chi connectivity index (χ1) is 5.88. The molecule has 0 spiro atoms. The number of nitrogens with zero attached hydrogens (tertiary/aromatic N) is 2. The van der Waals surface area contributed by atoms with Gasteiger partial charge in [-0.1, -0.05) is 0 Å². The minimum atomic E-state index is 0.156. The number of rotatable bonds is 4. The molecule has 66 valence electrons. The summed E-state index contributed by atoms with van der Waals surface area (Å²) >= 11 is 0. The second-order valence-corrected chi connectivity index (χ2v) is 2.52. The van der Waals surface area contributed by atoms with Crippen LogP contribution in [0.3, 0.4) is 0 Å². The summed E-state index contributed by atoms with van der Waals surface area (Å²) in [6.07, 6.45) is 5.02. The van der Waals surface area contributed by atoms with Gasteiger partial charge in [0.1, 0.15) is 0 Å². The Hall–Kier alpha value is -1.00. The molecule has 12 heavy (non-hydrogen) atoms. The Morgan fingerprint density at radius 1 is 1.58 bits per heavy atom. The summed E-state index contributed by atoms with van der Waals surface area (Å²) < 4.78 is 5.00. The van der Waals surface area contributed by atoms with E-state index in [1.54, 1.807) is 25.7 Å². The molecule has 1 heterocycles. The molecule has 0 amide bonds. The Balaban J connectivity index is 2.66. The van der Waals surface area contributed by atoms with E-state index in [4.69, 9.17) is 10.5 Å². The molecule has 1 aromatic heterocycles. The fourth-order valence-corrected chi connectivity index (χ4v) is 0.997. The summed E-state index contributed by atoms with van der Waals surface area (Å²) in [7, 11) is 1.65. The lowest BCUT2D eigenvalue weighted by molar-refractivity contribution is 0.179. The molecule has 0 aliphatic heterocycles. The van der Waals surface area contributed by atoms with Gasteiger partial charge in [-0.25, -0.2) is 0 Å². The van der Waals surface area contributed by atoms with Gasteiger partial charge in [0, 0.05) is 38.2 Å². The molecule has 4 nitrogen and oxygen atoms in total. The van der Waals surface area contributed by atoms with Gasteiger partial charge in [0.2, 0.25) is 0 Å². The van der Waals surface area contributed by atoms with Crippen molar-refractivity contribution in [2.75, 3.05) is 20.3 Å². The van der Waals surface area contributed by atoms with E-state index in [-0.39, 0.29) is 5.92 Å². The molecule has 2 N–H and O–H groups in total. The average Bonchev–Trinajstić information content (AvgIpc) is 2.15. The minimum Gasteiger partial charge on any atom is -0.384 e. The van der Waals surface area contributed by atoms with Crippen molar-refractivity contribution in [2.24, 2.45) is 5.73 Å². The van der Waals surface area contributed by atoms with Crippen LogP contribution in [0.1, 0.15) is 11.6 Å². The summed E-state index contributed by atoms with van der Waals surface area (Å²) in [4.78, 5) is 8.11. The number of ether oxygens (including phenoxy) is 1. The maximum absolute atomic E-state index is 5.54. The monoisotopic (exact) mass is 167 g/mol. The standard InChI is InChI=1S/C8H13N3O/c1-12-6-7(4-9)8-5-10-2-3-11-8/h2-3,5,7H,4,6,9H2,1H3. The first kappa shape index (κ1) is 9.09. The molecule has 0 saturated heterocycles. The van der Waals surface area contributed by atoms with E-state index in [1.807, 2.05) is 0 Å². The van der Waals surface area contributed by atoms with E-state index < -0.39 is 0 Å². The first-order valence-electron chi connectivity index (χ1n) is 3.83. The van der Waals surface area contributed by atoms with Crippen LogP contribution in [0.4, 0.5) is 0 Å². The Morgan fingerprint density at radius 2 is 2.42 bits per heavy atom. The number of aromatic nitrogens is 2. The predicted molar refractivity (Wildman–Crippen MR) is 45.7 cm³/mol. The fourth-order valence-electron chi connectivity index (χ4n) is 0.997. The molecule has 0 bridgehead atoms. The van der Waals surface area contributed by atoms with Gasteiger partial charge in [0.05, 0.1) is 12.3 Å². The molecule has 1 atom stereocenters. The summed E-state index contributed by atoms with van der Waals surface area (Å²) in [5, 5.41) is 0. The molecule has 0 fully saturated rings. The topological polar surface area (TPSA) is 61.0 Å². The third kappa shape index (κ3) is 2.25. The van der Waals surface area contributed by atoms with Crippen molar-refractivity contribution in [3.8, 4) is 0 Å². The predicted octanol–water partition coefficient (Wildman–Crippen LogP) is 0.165. The SMILES string of the molecule is COCC(CN)c1cnccn1. The first-order valence-corrected chi connectivity index (χ1v) is 3.83. The molecule has 0 aromatic carbocycles. The fraction of sp³-hybridized carbons (Fsp3) is 0.500. The lowest BCUT2D eigenvalue weighted by atomic mass is 10.1. The number of hydrogen-bond donors (Lipinski definition) is 1. The van der Waals surface area contributed by atoms with E-state index in [1.165, 1.54) is 0 Å². The van der Waals surface area contributed by atoms with E-state index >= 15 is 0 Å². The third-order valence-corrected chi connectivity index (χ3v) is 1.65. The summed E-state index contributed by atoms with van der Waals surface area (Å²) in [6, 6.07) is 0. The molecule has 0 radical (unpaired) electrons. The van der Waals surface area contributed by atoms with Crippen LogP contribution in [-0.2, 0) is 4.74 Å². The van der Waals surface area contributed by atoms with Gasteiger partial charge in [-0.15, -0.1) is 0 Å². The molecule has 1 aromatic rings. The summed E-state index contributed by atoms with van der Waals surface area (Å²) in [5.41, 5.74) is 6.43. The van der Waals surface area contributed by atoms with E-state index in [0.717, 1.165) is 5.69 Å². The molecular formula is C8H13N3O. The minimum absolute atomic E-state index is 0.156. The van der Waals surface area contributed by atoms with E-state index in [0.29, 0.717) is 13.2 Å². The van der Waals surface area contributed by atoms with Crippen molar-refractivity contribution < 1.29 is 4.74 Å². The Kier molecular flexibility index (Phi) is 3.63. The van der Waals surface area contributed by atoms with Crippen molar-refractivity contribution in [1.82, 2.24) is 9.97 Å². The summed E-state index contributed by atoms with van der Waals surface area (Å²) in [6.45, 7) is 1.13. The van der Waals surface area contributed by atoms with Gasteiger partial charge in [-0.3, -0.25) is 9.97 Å². The maximum atomic E-state index is 5.54.